The number of carbonyl (C=O) groups is 1. The number of methoxy groups -OCH3 is 1. The molecule has 0 aliphatic carbocycles. The van der Waals surface area contributed by atoms with Crippen LogP contribution < -0.4 is 0 Å². The van der Waals surface area contributed by atoms with Crippen molar-refractivity contribution in [3.8, 4) is 0 Å². The lowest BCUT2D eigenvalue weighted by Gasteiger charge is -2.05. The van der Waals surface area contributed by atoms with Gasteiger partial charge in [-0.25, -0.2) is 0 Å². The first-order valence-corrected chi connectivity index (χ1v) is 5.39. The third-order valence-electron chi connectivity index (χ3n) is 1.90. The van der Waals surface area contributed by atoms with Crippen LogP contribution in [0.15, 0.2) is 23.1 Å². The predicted octanol–water partition coefficient (Wildman–Crippen LogP) is 2.57. The second-order valence-electron chi connectivity index (χ2n) is 3.13. The zero-order valence-corrected chi connectivity index (χ0v) is 9.48. The van der Waals surface area contributed by atoms with E-state index in [9.17, 15) is 4.79 Å². The van der Waals surface area contributed by atoms with Gasteiger partial charge in [-0.2, -0.15) is 0 Å². The minimum absolute atomic E-state index is 0.185. The molecule has 0 atom stereocenters. The summed E-state index contributed by atoms with van der Waals surface area (Å²) in [6.07, 6.45) is 0. The lowest BCUT2D eigenvalue weighted by molar-refractivity contribution is -0.137. The van der Waals surface area contributed by atoms with Gasteiger partial charge in [0.05, 0.1) is 12.9 Å². The maximum atomic E-state index is 10.9. The lowest BCUT2D eigenvalue weighted by atomic mass is 10.2. The van der Waals surface area contributed by atoms with Gasteiger partial charge in [0, 0.05) is 4.90 Å². The van der Waals surface area contributed by atoms with Gasteiger partial charge in [-0.05, 0) is 25.5 Å². The van der Waals surface area contributed by atoms with Gasteiger partial charge in [-0.15, -0.1) is 11.8 Å². The first-order valence-electron chi connectivity index (χ1n) is 4.40. The SMILES string of the molecule is COC(=O)CSc1ccc(C)cc1C. The number of benzene rings is 1. The van der Waals surface area contributed by atoms with Crippen LogP contribution in [0, 0.1) is 13.8 Å². The van der Waals surface area contributed by atoms with E-state index in [0.717, 1.165) is 4.90 Å². The quantitative estimate of drug-likeness (QED) is 0.566. The third kappa shape index (κ3) is 3.07. The van der Waals surface area contributed by atoms with Crippen LogP contribution in [0.4, 0.5) is 0 Å². The summed E-state index contributed by atoms with van der Waals surface area (Å²) in [5.41, 5.74) is 2.45. The number of aryl methyl sites for hydroxylation is 2. The summed E-state index contributed by atoms with van der Waals surface area (Å²) in [4.78, 5) is 12.1. The average Bonchev–Trinajstić information content (AvgIpc) is 2.16. The van der Waals surface area contributed by atoms with E-state index in [1.54, 1.807) is 0 Å². The number of esters is 1. The summed E-state index contributed by atoms with van der Waals surface area (Å²) in [7, 11) is 1.41. The highest BCUT2D eigenvalue weighted by Crippen LogP contribution is 2.22. The van der Waals surface area contributed by atoms with Gasteiger partial charge in [0.25, 0.3) is 0 Å². The van der Waals surface area contributed by atoms with Gasteiger partial charge < -0.3 is 4.74 Å². The van der Waals surface area contributed by atoms with Crippen LogP contribution >= 0.6 is 11.8 Å². The highest BCUT2D eigenvalue weighted by atomic mass is 32.2. The van der Waals surface area contributed by atoms with E-state index >= 15 is 0 Å². The predicted molar refractivity (Wildman–Crippen MR) is 58.7 cm³/mol. The summed E-state index contributed by atoms with van der Waals surface area (Å²) >= 11 is 1.51. The van der Waals surface area contributed by atoms with Crippen molar-refractivity contribution in [3.05, 3.63) is 29.3 Å². The smallest absolute Gasteiger partial charge is 0.315 e. The molecule has 1 aromatic rings. The Morgan fingerprint density at radius 2 is 2.14 bits per heavy atom. The van der Waals surface area contributed by atoms with Crippen LogP contribution in [0.2, 0.25) is 0 Å². The number of rotatable bonds is 3. The second-order valence-corrected chi connectivity index (χ2v) is 4.15. The van der Waals surface area contributed by atoms with E-state index in [4.69, 9.17) is 0 Å². The molecule has 14 heavy (non-hydrogen) atoms. The maximum Gasteiger partial charge on any atom is 0.315 e. The fraction of sp³-hybridized carbons (Fsp3) is 0.364. The molecule has 0 radical (unpaired) electrons. The van der Waals surface area contributed by atoms with Crippen molar-refractivity contribution in [3.63, 3.8) is 0 Å². The zero-order valence-electron chi connectivity index (χ0n) is 8.66. The molecule has 0 bridgehead atoms. The Morgan fingerprint density at radius 1 is 1.43 bits per heavy atom. The van der Waals surface area contributed by atoms with E-state index in [1.165, 1.54) is 30.0 Å². The van der Waals surface area contributed by atoms with Gasteiger partial charge in [0.2, 0.25) is 0 Å². The van der Waals surface area contributed by atoms with Gasteiger partial charge in [0.15, 0.2) is 0 Å². The Balaban J connectivity index is 2.63. The molecule has 0 unspecified atom stereocenters. The minimum Gasteiger partial charge on any atom is -0.468 e. The molecule has 0 aliphatic rings. The molecule has 0 aliphatic heterocycles. The van der Waals surface area contributed by atoms with Gasteiger partial charge in [-0.1, -0.05) is 17.7 Å². The van der Waals surface area contributed by atoms with E-state index in [2.05, 4.69) is 17.7 Å². The van der Waals surface area contributed by atoms with Crippen LogP contribution in [-0.4, -0.2) is 18.8 Å². The standard InChI is InChI=1S/C11H14O2S/c1-8-4-5-10(9(2)6-8)14-7-11(12)13-3/h4-6H,7H2,1-3H3. The normalized spacial score (nSPS) is 9.93. The van der Waals surface area contributed by atoms with Crippen LogP contribution in [0.1, 0.15) is 11.1 Å². The topological polar surface area (TPSA) is 26.3 Å². The van der Waals surface area contributed by atoms with Crippen LogP contribution in [-0.2, 0) is 9.53 Å². The summed E-state index contributed by atoms with van der Waals surface area (Å²) in [6, 6.07) is 6.20. The summed E-state index contributed by atoms with van der Waals surface area (Å²) < 4.78 is 4.58. The summed E-state index contributed by atoms with van der Waals surface area (Å²) in [6.45, 7) is 4.11. The van der Waals surface area contributed by atoms with E-state index in [-0.39, 0.29) is 5.97 Å². The molecule has 1 rings (SSSR count). The summed E-state index contributed by atoms with van der Waals surface area (Å²) in [5.74, 6) is 0.190. The lowest BCUT2D eigenvalue weighted by Crippen LogP contribution is -2.03. The molecule has 3 heteroatoms. The van der Waals surface area contributed by atoms with Crippen LogP contribution in [0.5, 0.6) is 0 Å². The van der Waals surface area contributed by atoms with Crippen molar-refractivity contribution < 1.29 is 9.53 Å². The van der Waals surface area contributed by atoms with Crippen molar-refractivity contribution in [1.82, 2.24) is 0 Å². The van der Waals surface area contributed by atoms with Crippen molar-refractivity contribution in [1.29, 1.82) is 0 Å². The average molecular weight is 210 g/mol. The fourth-order valence-electron chi connectivity index (χ4n) is 1.16. The first-order chi connectivity index (χ1) is 6.63. The molecule has 0 heterocycles. The molecular weight excluding hydrogens is 196 g/mol. The monoisotopic (exact) mass is 210 g/mol. The second kappa shape index (κ2) is 5.05. The Labute approximate surface area is 88.7 Å². The highest BCUT2D eigenvalue weighted by molar-refractivity contribution is 8.00. The largest absolute Gasteiger partial charge is 0.468 e. The number of hydrogen-bond donors (Lipinski definition) is 0. The number of hydrogen-bond acceptors (Lipinski definition) is 3. The van der Waals surface area contributed by atoms with Crippen molar-refractivity contribution >= 4 is 17.7 Å². The van der Waals surface area contributed by atoms with Gasteiger partial charge in [-0.3, -0.25) is 4.79 Å². The minimum atomic E-state index is -0.185. The molecule has 76 valence electrons. The molecule has 0 fully saturated rings. The van der Waals surface area contributed by atoms with Crippen LogP contribution in [0.3, 0.4) is 0 Å². The highest BCUT2D eigenvalue weighted by Gasteiger charge is 2.04. The third-order valence-corrected chi connectivity index (χ3v) is 3.05. The van der Waals surface area contributed by atoms with Crippen molar-refractivity contribution in [2.75, 3.05) is 12.9 Å². The van der Waals surface area contributed by atoms with Gasteiger partial charge >= 0.3 is 5.97 Å². The number of carbonyl (C=O) groups excluding carboxylic acids is 1. The fourth-order valence-corrected chi connectivity index (χ4v) is 2.00. The van der Waals surface area contributed by atoms with Gasteiger partial charge in [0.1, 0.15) is 0 Å². The molecule has 2 nitrogen and oxygen atoms in total. The molecule has 0 aromatic heterocycles. The molecule has 0 N–H and O–H groups in total. The van der Waals surface area contributed by atoms with Crippen molar-refractivity contribution in [2.45, 2.75) is 18.7 Å². The molecule has 0 spiro atoms. The van der Waals surface area contributed by atoms with E-state index in [1.807, 2.05) is 19.1 Å². The molecule has 1 aromatic carbocycles. The van der Waals surface area contributed by atoms with Crippen LogP contribution in [0.25, 0.3) is 0 Å². The van der Waals surface area contributed by atoms with E-state index < -0.39 is 0 Å². The first kappa shape index (κ1) is 11.1. The Bertz CT molecular complexity index is 334. The number of ether oxygens (including phenoxy) is 1. The molecule has 0 saturated carbocycles. The zero-order chi connectivity index (χ0) is 10.6. The molecule has 0 saturated heterocycles. The Kier molecular flexibility index (Phi) is 4.01. The Morgan fingerprint density at radius 3 is 2.71 bits per heavy atom. The van der Waals surface area contributed by atoms with Crippen molar-refractivity contribution in [2.24, 2.45) is 0 Å². The maximum absolute atomic E-state index is 10.9. The molecule has 0 amide bonds. The molecular formula is C11H14O2S. The Hall–Kier alpha value is -0.960. The van der Waals surface area contributed by atoms with E-state index in [0.29, 0.717) is 5.75 Å². The number of thioether (sulfide) groups is 1. The summed E-state index contributed by atoms with van der Waals surface area (Å²) in [5, 5.41) is 0.